The minimum atomic E-state index is -0.658. The van der Waals surface area contributed by atoms with Crippen molar-refractivity contribution in [2.75, 3.05) is 12.4 Å². The first-order valence-electron chi connectivity index (χ1n) is 5.86. The van der Waals surface area contributed by atoms with Crippen molar-refractivity contribution in [3.8, 4) is 5.75 Å². The highest BCUT2D eigenvalue weighted by Gasteiger charge is 2.23. The fourth-order valence-corrected chi connectivity index (χ4v) is 1.57. The molecule has 0 aliphatic rings. The molecule has 0 bridgehead atoms. The molecule has 0 aromatic heterocycles. The topological polar surface area (TPSA) is 67.4 Å². The van der Waals surface area contributed by atoms with Crippen molar-refractivity contribution in [2.24, 2.45) is 5.41 Å². The molecule has 0 aliphatic carbocycles. The Morgan fingerprint density at radius 3 is 2.25 bits per heavy atom. The van der Waals surface area contributed by atoms with Crippen LogP contribution in [0, 0.1) is 5.41 Å². The molecule has 0 heterocycles. The van der Waals surface area contributed by atoms with Crippen molar-refractivity contribution >= 4 is 40.9 Å². The van der Waals surface area contributed by atoms with Gasteiger partial charge >= 0.3 is 6.09 Å². The standard InChI is InChI=1S/C13H16Cl2N2O3/c1-13(2,3)11(18)17-7-5-6-8(10(15)9(7)14)20-12(19)16-4/h5-6H,1-4H3,(H,16,19)(H,17,18). The SMILES string of the molecule is CNC(=O)Oc1ccc(NC(=O)C(C)(C)C)c(Cl)c1Cl. The predicted octanol–water partition coefficient (Wildman–Crippen LogP) is 3.70. The van der Waals surface area contributed by atoms with E-state index in [1.807, 2.05) is 0 Å². The second kappa shape index (κ2) is 6.33. The number of carbonyl (C=O) groups excluding carboxylic acids is 2. The number of halogens is 2. The number of carbonyl (C=O) groups is 2. The molecule has 7 heteroatoms. The molecule has 0 radical (unpaired) electrons. The molecule has 110 valence electrons. The molecule has 1 aromatic carbocycles. The van der Waals surface area contributed by atoms with Crippen LogP contribution in [0.25, 0.3) is 0 Å². The Morgan fingerprint density at radius 1 is 1.15 bits per heavy atom. The minimum Gasteiger partial charge on any atom is -0.409 e. The number of rotatable bonds is 2. The van der Waals surface area contributed by atoms with Crippen molar-refractivity contribution < 1.29 is 14.3 Å². The fraction of sp³-hybridized carbons (Fsp3) is 0.385. The zero-order valence-corrected chi connectivity index (χ0v) is 13.1. The smallest absolute Gasteiger partial charge is 0.409 e. The van der Waals surface area contributed by atoms with Crippen LogP contribution in [0.3, 0.4) is 0 Å². The Hall–Kier alpha value is -1.46. The lowest BCUT2D eigenvalue weighted by molar-refractivity contribution is -0.123. The number of hydrogen-bond donors (Lipinski definition) is 2. The third-order valence-electron chi connectivity index (χ3n) is 2.38. The first-order chi connectivity index (χ1) is 9.16. The number of ether oxygens (including phenoxy) is 1. The molecule has 1 aromatic rings. The highest BCUT2D eigenvalue weighted by molar-refractivity contribution is 6.45. The summed E-state index contributed by atoms with van der Waals surface area (Å²) in [4.78, 5) is 23.0. The van der Waals surface area contributed by atoms with Crippen LogP contribution in [0.4, 0.5) is 10.5 Å². The maximum Gasteiger partial charge on any atom is 0.412 e. The number of benzene rings is 1. The summed E-state index contributed by atoms with van der Waals surface area (Å²) in [7, 11) is 1.43. The Kier molecular flexibility index (Phi) is 5.25. The Labute approximate surface area is 127 Å². The molecule has 0 fully saturated rings. The first-order valence-corrected chi connectivity index (χ1v) is 6.61. The minimum absolute atomic E-state index is 0.0574. The van der Waals surface area contributed by atoms with Crippen molar-refractivity contribution in [1.82, 2.24) is 5.32 Å². The lowest BCUT2D eigenvalue weighted by Gasteiger charge is -2.19. The highest BCUT2D eigenvalue weighted by atomic mass is 35.5. The van der Waals surface area contributed by atoms with Gasteiger partial charge in [0.15, 0.2) is 5.75 Å². The van der Waals surface area contributed by atoms with Crippen LogP contribution in [0.15, 0.2) is 12.1 Å². The van der Waals surface area contributed by atoms with Gasteiger partial charge in [-0.2, -0.15) is 0 Å². The molecule has 2 N–H and O–H groups in total. The molecule has 5 nitrogen and oxygen atoms in total. The third kappa shape index (κ3) is 4.02. The van der Waals surface area contributed by atoms with E-state index < -0.39 is 11.5 Å². The van der Waals surface area contributed by atoms with Crippen molar-refractivity contribution in [3.63, 3.8) is 0 Å². The Balaban J connectivity index is 3.00. The average molecular weight is 319 g/mol. The van der Waals surface area contributed by atoms with Crippen molar-refractivity contribution in [1.29, 1.82) is 0 Å². The number of hydrogen-bond acceptors (Lipinski definition) is 3. The zero-order valence-electron chi connectivity index (χ0n) is 11.6. The summed E-state index contributed by atoms with van der Waals surface area (Å²) in [6, 6.07) is 2.98. The lowest BCUT2D eigenvalue weighted by atomic mass is 9.95. The van der Waals surface area contributed by atoms with Gasteiger partial charge in [0.05, 0.1) is 10.7 Å². The van der Waals surface area contributed by atoms with Crippen LogP contribution in [-0.2, 0) is 4.79 Å². The Morgan fingerprint density at radius 2 is 1.75 bits per heavy atom. The summed E-state index contributed by atoms with van der Waals surface area (Å²) >= 11 is 12.1. The van der Waals surface area contributed by atoms with Gasteiger partial charge in [0.25, 0.3) is 0 Å². The number of anilines is 1. The predicted molar refractivity (Wildman–Crippen MR) is 79.6 cm³/mol. The molecule has 2 amide bonds. The average Bonchev–Trinajstić information content (AvgIpc) is 2.36. The summed E-state index contributed by atoms with van der Waals surface area (Å²) in [6.07, 6.45) is -0.658. The molecule has 1 rings (SSSR count). The second-order valence-electron chi connectivity index (χ2n) is 5.08. The number of nitrogens with one attached hydrogen (secondary N) is 2. The Bertz CT molecular complexity index is 539. The molecule has 0 aliphatic heterocycles. The molecule has 0 spiro atoms. The van der Waals surface area contributed by atoms with E-state index in [9.17, 15) is 9.59 Å². The van der Waals surface area contributed by atoms with E-state index in [0.717, 1.165) is 0 Å². The summed E-state index contributed by atoms with van der Waals surface area (Å²) in [6.45, 7) is 5.34. The van der Waals surface area contributed by atoms with Gasteiger partial charge in [-0.15, -0.1) is 0 Å². The molecular formula is C13H16Cl2N2O3. The van der Waals surface area contributed by atoms with Gasteiger partial charge in [0, 0.05) is 12.5 Å². The van der Waals surface area contributed by atoms with Crippen LogP contribution in [0.5, 0.6) is 5.75 Å². The maximum atomic E-state index is 11.9. The van der Waals surface area contributed by atoms with E-state index in [1.165, 1.54) is 19.2 Å². The van der Waals surface area contributed by atoms with E-state index >= 15 is 0 Å². The van der Waals surface area contributed by atoms with E-state index in [0.29, 0.717) is 5.69 Å². The molecule has 0 saturated heterocycles. The first kappa shape index (κ1) is 16.6. The quantitative estimate of drug-likeness (QED) is 0.873. The molecular weight excluding hydrogens is 303 g/mol. The van der Waals surface area contributed by atoms with E-state index in [4.69, 9.17) is 27.9 Å². The third-order valence-corrected chi connectivity index (χ3v) is 3.25. The van der Waals surface area contributed by atoms with Crippen molar-refractivity contribution in [3.05, 3.63) is 22.2 Å². The monoisotopic (exact) mass is 318 g/mol. The van der Waals surface area contributed by atoms with E-state index in [1.54, 1.807) is 20.8 Å². The maximum absolute atomic E-state index is 11.9. The zero-order chi connectivity index (χ0) is 15.5. The van der Waals surface area contributed by atoms with Crippen LogP contribution >= 0.6 is 23.2 Å². The normalized spacial score (nSPS) is 10.9. The molecule has 0 unspecified atom stereocenters. The second-order valence-corrected chi connectivity index (χ2v) is 5.84. The summed E-state index contributed by atoms with van der Waals surface area (Å²) < 4.78 is 4.92. The largest absolute Gasteiger partial charge is 0.412 e. The fourth-order valence-electron chi connectivity index (χ4n) is 1.17. The van der Waals surface area contributed by atoms with Gasteiger partial charge in [0.1, 0.15) is 5.02 Å². The van der Waals surface area contributed by atoms with Gasteiger partial charge in [-0.25, -0.2) is 4.79 Å². The molecule has 0 saturated carbocycles. The van der Waals surface area contributed by atoms with Gasteiger partial charge in [0.2, 0.25) is 5.91 Å². The van der Waals surface area contributed by atoms with Gasteiger partial charge in [-0.1, -0.05) is 44.0 Å². The summed E-state index contributed by atoms with van der Waals surface area (Å²) in [5, 5.41) is 5.14. The van der Waals surface area contributed by atoms with Gasteiger partial charge < -0.3 is 15.4 Å². The van der Waals surface area contributed by atoms with Crippen molar-refractivity contribution in [2.45, 2.75) is 20.8 Å². The lowest BCUT2D eigenvalue weighted by Crippen LogP contribution is -2.27. The molecule has 20 heavy (non-hydrogen) atoms. The highest BCUT2D eigenvalue weighted by Crippen LogP contribution is 2.38. The molecule has 0 atom stereocenters. The van der Waals surface area contributed by atoms with Gasteiger partial charge in [-0.3, -0.25) is 4.79 Å². The van der Waals surface area contributed by atoms with E-state index in [-0.39, 0.29) is 21.7 Å². The van der Waals surface area contributed by atoms with Crippen LogP contribution in [0.1, 0.15) is 20.8 Å². The van der Waals surface area contributed by atoms with E-state index in [2.05, 4.69) is 10.6 Å². The van der Waals surface area contributed by atoms with Gasteiger partial charge in [-0.05, 0) is 12.1 Å². The van der Waals surface area contributed by atoms with Crippen LogP contribution in [-0.4, -0.2) is 19.0 Å². The van der Waals surface area contributed by atoms with Crippen LogP contribution < -0.4 is 15.4 Å². The summed E-state index contributed by atoms with van der Waals surface area (Å²) in [5.41, 5.74) is -0.201. The number of amides is 2. The van der Waals surface area contributed by atoms with Crippen LogP contribution in [0.2, 0.25) is 10.0 Å². The summed E-state index contributed by atoms with van der Waals surface area (Å²) in [5.74, 6) is -0.0831.